The highest BCUT2D eigenvalue weighted by Crippen LogP contribution is 2.33. The van der Waals surface area contributed by atoms with Gasteiger partial charge in [0.25, 0.3) is 5.91 Å². The summed E-state index contributed by atoms with van der Waals surface area (Å²) in [7, 11) is 0. The predicted octanol–water partition coefficient (Wildman–Crippen LogP) is 5.91. The largest absolute Gasteiger partial charge is 0.508 e. The molecule has 1 aliphatic rings. The number of amides is 1. The molecule has 0 aliphatic carbocycles. The second-order valence-corrected chi connectivity index (χ2v) is 8.52. The number of halogens is 1. The van der Waals surface area contributed by atoms with Gasteiger partial charge in [-0.3, -0.25) is 4.79 Å². The number of nitrogens with one attached hydrogen (secondary N) is 1. The Bertz CT molecular complexity index is 1210. The molecule has 3 aromatic carbocycles. The average molecular weight is 481 g/mol. The number of amidine groups is 1. The van der Waals surface area contributed by atoms with Gasteiger partial charge in [-0.2, -0.15) is 0 Å². The van der Waals surface area contributed by atoms with Crippen molar-refractivity contribution in [3.05, 3.63) is 87.8 Å². The molecule has 1 fully saturated rings. The summed E-state index contributed by atoms with van der Waals surface area (Å²) in [5.41, 5.74) is 2.44. The lowest BCUT2D eigenvalue weighted by atomic mass is 10.2. The number of hydrogen-bond donors (Lipinski definition) is 2. The van der Waals surface area contributed by atoms with Crippen molar-refractivity contribution in [2.24, 2.45) is 4.99 Å². The SMILES string of the molecule is CCOc1cc(/C=C2\SC(=Nc3ccc(O)cc3)NC2=O)ccc1OCc1ccc(Cl)cc1. The van der Waals surface area contributed by atoms with Gasteiger partial charge in [-0.25, -0.2) is 4.99 Å². The van der Waals surface area contributed by atoms with Crippen LogP contribution in [0.5, 0.6) is 17.2 Å². The molecule has 1 saturated heterocycles. The average Bonchev–Trinajstić information content (AvgIpc) is 3.14. The smallest absolute Gasteiger partial charge is 0.264 e. The zero-order valence-electron chi connectivity index (χ0n) is 17.7. The van der Waals surface area contributed by atoms with Gasteiger partial charge in [-0.15, -0.1) is 0 Å². The van der Waals surface area contributed by atoms with Gasteiger partial charge in [0.1, 0.15) is 12.4 Å². The third kappa shape index (κ3) is 6.09. The van der Waals surface area contributed by atoms with Crippen molar-refractivity contribution in [1.82, 2.24) is 5.32 Å². The van der Waals surface area contributed by atoms with E-state index in [0.29, 0.717) is 45.5 Å². The van der Waals surface area contributed by atoms with Crippen LogP contribution in [0, 0.1) is 0 Å². The number of carbonyl (C=O) groups is 1. The van der Waals surface area contributed by atoms with Crippen LogP contribution in [0.25, 0.3) is 6.08 Å². The Morgan fingerprint density at radius 1 is 1.03 bits per heavy atom. The molecule has 0 aromatic heterocycles. The zero-order valence-corrected chi connectivity index (χ0v) is 19.3. The molecule has 8 heteroatoms. The van der Waals surface area contributed by atoms with E-state index in [0.717, 1.165) is 11.1 Å². The number of nitrogens with zero attached hydrogens (tertiary/aromatic N) is 1. The van der Waals surface area contributed by atoms with Gasteiger partial charge in [0.05, 0.1) is 17.2 Å². The van der Waals surface area contributed by atoms with Crippen LogP contribution in [-0.2, 0) is 11.4 Å². The maximum Gasteiger partial charge on any atom is 0.264 e. The normalized spacial score (nSPS) is 15.6. The monoisotopic (exact) mass is 480 g/mol. The standard InChI is InChI=1S/C25H21ClN2O4S/c1-2-31-22-13-17(5-12-21(22)32-15-16-3-6-18(26)7-4-16)14-23-24(30)28-25(33-23)27-19-8-10-20(29)11-9-19/h3-14,29H,2,15H2,1H3,(H,27,28,30)/b23-14-. The van der Waals surface area contributed by atoms with E-state index in [-0.39, 0.29) is 11.7 Å². The highest BCUT2D eigenvalue weighted by molar-refractivity contribution is 8.18. The van der Waals surface area contributed by atoms with E-state index >= 15 is 0 Å². The molecule has 6 nitrogen and oxygen atoms in total. The Morgan fingerprint density at radius 3 is 2.52 bits per heavy atom. The summed E-state index contributed by atoms with van der Waals surface area (Å²) in [5, 5.41) is 13.3. The van der Waals surface area contributed by atoms with Crippen LogP contribution in [0.15, 0.2) is 76.6 Å². The minimum atomic E-state index is -0.224. The van der Waals surface area contributed by atoms with Crippen molar-refractivity contribution in [3.63, 3.8) is 0 Å². The highest BCUT2D eigenvalue weighted by atomic mass is 35.5. The van der Waals surface area contributed by atoms with Crippen molar-refractivity contribution in [1.29, 1.82) is 0 Å². The molecule has 0 saturated carbocycles. The maximum absolute atomic E-state index is 12.4. The van der Waals surface area contributed by atoms with Crippen LogP contribution in [0.1, 0.15) is 18.1 Å². The van der Waals surface area contributed by atoms with Gasteiger partial charge in [0, 0.05) is 5.02 Å². The molecule has 4 rings (SSSR count). The topological polar surface area (TPSA) is 80.2 Å². The first kappa shape index (κ1) is 22.8. The van der Waals surface area contributed by atoms with Crippen molar-refractivity contribution in [3.8, 4) is 17.2 Å². The summed E-state index contributed by atoms with van der Waals surface area (Å²) >= 11 is 7.18. The predicted molar refractivity (Wildman–Crippen MR) is 132 cm³/mol. The van der Waals surface area contributed by atoms with Crippen LogP contribution >= 0.6 is 23.4 Å². The molecule has 1 heterocycles. The summed E-state index contributed by atoms with van der Waals surface area (Å²) in [4.78, 5) is 17.3. The van der Waals surface area contributed by atoms with Crippen LogP contribution < -0.4 is 14.8 Å². The fourth-order valence-electron chi connectivity index (χ4n) is 3.02. The number of thioether (sulfide) groups is 1. The molecule has 168 valence electrons. The molecular formula is C25H21ClN2O4S. The third-order valence-electron chi connectivity index (χ3n) is 4.60. The van der Waals surface area contributed by atoms with Gasteiger partial charge < -0.3 is 19.9 Å². The van der Waals surface area contributed by atoms with Gasteiger partial charge >= 0.3 is 0 Å². The molecule has 0 radical (unpaired) electrons. The van der Waals surface area contributed by atoms with Crippen LogP contribution in [0.3, 0.4) is 0 Å². The molecule has 1 aliphatic heterocycles. The van der Waals surface area contributed by atoms with E-state index in [1.54, 1.807) is 30.3 Å². The maximum atomic E-state index is 12.4. The number of ether oxygens (including phenoxy) is 2. The Labute approximate surface area is 200 Å². The Kier molecular flexibility index (Phi) is 7.22. The highest BCUT2D eigenvalue weighted by Gasteiger charge is 2.24. The van der Waals surface area contributed by atoms with E-state index in [1.807, 2.05) is 49.4 Å². The Hall–Kier alpha value is -3.42. The number of benzene rings is 3. The molecule has 3 aromatic rings. The first-order chi connectivity index (χ1) is 16.0. The summed E-state index contributed by atoms with van der Waals surface area (Å²) in [6.45, 7) is 2.77. The van der Waals surface area contributed by atoms with Gasteiger partial charge in [-0.05, 0) is 84.4 Å². The summed E-state index contributed by atoms with van der Waals surface area (Å²) < 4.78 is 11.7. The number of aromatic hydroxyl groups is 1. The van der Waals surface area contributed by atoms with Crippen molar-refractivity contribution in [2.75, 3.05) is 6.61 Å². The van der Waals surface area contributed by atoms with E-state index in [4.69, 9.17) is 21.1 Å². The lowest BCUT2D eigenvalue weighted by Crippen LogP contribution is -2.19. The number of carbonyl (C=O) groups excluding carboxylic acids is 1. The van der Waals surface area contributed by atoms with E-state index < -0.39 is 0 Å². The molecular weight excluding hydrogens is 460 g/mol. The molecule has 0 unspecified atom stereocenters. The molecule has 0 atom stereocenters. The number of hydrogen-bond acceptors (Lipinski definition) is 6. The number of phenolic OH excluding ortho intramolecular Hbond substituents is 1. The minimum absolute atomic E-state index is 0.160. The molecule has 0 spiro atoms. The second-order valence-electron chi connectivity index (χ2n) is 7.05. The second kappa shape index (κ2) is 10.5. The lowest BCUT2D eigenvalue weighted by molar-refractivity contribution is -0.115. The van der Waals surface area contributed by atoms with E-state index in [2.05, 4.69) is 10.3 Å². The zero-order chi connectivity index (χ0) is 23.2. The Balaban J connectivity index is 1.49. The third-order valence-corrected chi connectivity index (χ3v) is 5.77. The van der Waals surface area contributed by atoms with E-state index in [9.17, 15) is 9.90 Å². The Morgan fingerprint density at radius 2 is 1.79 bits per heavy atom. The minimum Gasteiger partial charge on any atom is -0.508 e. The molecule has 33 heavy (non-hydrogen) atoms. The molecule has 1 amide bonds. The first-order valence-corrected chi connectivity index (χ1v) is 11.4. The summed E-state index contributed by atoms with van der Waals surface area (Å²) in [6.07, 6.45) is 1.78. The molecule has 0 bridgehead atoms. The quantitative estimate of drug-likeness (QED) is 0.410. The van der Waals surface area contributed by atoms with Crippen molar-refractivity contribution >= 4 is 46.2 Å². The van der Waals surface area contributed by atoms with E-state index in [1.165, 1.54) is 11.8 Å². The molecule has 2 N–H and O–H groups in total. The number of aliphatic imine (C=N–C) groups is 1. The summed E-state index contributed by atoms with van der Waals surface area (Å²) in [6, 6.07) is 19.5. The number of phenols is 1. The van der Waals surface area contributed by atoms with Crippen LogP contribution in [0.4, 0.5) is 5.69 Å². The number of rotatable bonds is 7. The van der Waals surface area contributed by atoms with Gasteiger partial charge in [0.15, 0.2) is 16.7 Å². The van der Waals surface area contributed by atoms with Crippen molar-refractivity contribution < 1.29 is 19.4 Å². The van der Waals surface area contributed by atoms with Gasteiger partial charge in [0.2, 0.25) is 0 Å². The van der Waals surface area contributed by atoms with Gasteiger partial charge in [-0.1, -0.05) is 29.8 Å². The fourth-order valence-corrected chi connectivity index (χ4v) is 3.99. The van der Waals surface area contributed by atoms with Crippen LogP contribution in [-0.4, -0.2) is 22.8 Å². The van der Waals surface area contributed by atoms with Crippen molar-refractivity contribution in [2.45, 2.75) is 13.5 Å². The van der Waals surface area contributed by atoms with Crippen LogP contribution in [0.2, 0.25) is 5.02 Å². The fraction of sp³-hybridized carbons (Fsp3) is 0.120. The lowest BCUT2D eigenvalue weighted by Gasteiger charge is -2.13. The summed E-state index contributed by atoms with van der Waals surface area (Å²) in [5.74, 6) is 1.15. The first-order valence-electron chi connectivity index (χ1n) is 10.2.